The molecule has 1 aliphatic heterocycles. The van der Waals surface area contributed by atoms with Crippen LogP contribution in [-0.2, 0) is 0 Å². The molecular weight excluding hydrogens is 314 g/mol. The number of unbranched alkanes of at least 4 members (excludes halogenated alkanes) is 10. The van der Waals surface area contributed by atoms with E-state index < -0.39 is 0 Å². The maximum absolute atomic E-state index is 2.57. The van der Waals surface area contributed by atoms with E-state index in [4.69, 9.17) is 0 Å². The lowest BCUT2D eigenvalue weighted by atomic mass is 10.1. The van der Waals surface area contributed by atoms with E-state index in [1.807, 2.05) is 0 Å². The zero-order valence-electron chi connectivity index (χ0n) is 17.6. The second-order valence-electron chi connectivity index (χ2n) is 7.88. The van der Waals surface area contributed by atoms with Crippen molar-refractivity contribution in [1.29, 1.82) is 0 Å². The maximum atomic E-state index is 2.57. The van der Waals surface area contributed by atoms with Gasteiger partial charge in [0.05, 0.1) is 0 Å². The highest BCUT2D eigenvalue weighted by molar-refractivity contribution is 5.03. The van der Waals surface area contributed by atoms with Gasteiger partial charge >= 0.3 is 0 Å². The molecule has 0 aromatic heterocycles. The van der Waals surface area contributed by atoms with Crippen molar-refractivity contribution in [3.05, 3.63) is 36.5 Å². The number of hydrogen-bond acceptors (Lipinski definition) is 1. The fourth-order valence-electron chi connectivity index (χ4n) is 3.57. The topological polar surface area (TPSA) is 3.24 Å². The van der Waals surface area contributed by atoms with Gasteiger partial charge in [0.25, 0.3) is 0 Å². The van der Waals surface area contributed by atoms with Crippen molar-refractivity contribution in [2.24, 2.45) is 0 Å². The first kappa shape index (κ1) is 23.2. The van der Waals surface area contributed by atoms with Gasteiger partial charge in [-0.2, -0.15) is 0 Å². The summed E-state index contributed by atoms with van der Waals surface area (Å²) in [6.45, 7) is 5.99. The fraction of sp³-hybridized carbons (Fsp3) is 0.760. The van der Waals surface area contributed by atoms with Crippen LogP contribution in [-0.4, -0.2) is 24.5 Å². The summed E-state index contributed by atoms with van der Waals surface area (Å²) >= 11 is 0. The minimum absolute atomic E-state index is 1.14. The number of nitrogens with zero attached hydrogens (tertiary/aromatic N) is 1. The van der Waals surface area contributed by atoms with Gasteiger partial charge in [0.15, 0.2) is 0 Å². The van der Waals surface area contributed by atoms with Crippen molar-refractivity contribution in [3.8, 4) is 0 Å². The zero-order valence-corrected chi connectivity index (χ0v) is 17.6. The summed E-state index contributed by atoms with van der Waals surface area (Å²) in [5.74, 6) is 0. The van der Waals surface area contributed by atoms with Gasteiger partial charge in [0.2, 0.25) is 0 Å². The minimum Gasteiger partial charge on any atom is -0.300 e. The summed E-state index contributed by atoms with van der Waals surface area (Å²) in [5, 5.41) is 0. The van der Waals surface area contributed by atoms with Crippen molar-refractivity contribution in [2.45, 2.75) is 103 Å². The number of piperidine rings is 1. The second kappa shape index (κ2) is 19.0. The molecule has 1 rings (SSSR count). The molecule has 1 saturated heterocycles. The molecule has 1 fully saturated rings. The average Bonchev–Trinajstić information content (AvgIpc) is 2.68. The van der Waals surface area contributed by atoms with Gasteiger partial charge in [-0.25, -0.2) is 0 Å². The molecule has 1 nitrogen and oxygen atoms in total. The Morgan fingerprint density at radius 1 is 0.577 bits per heavy atom. The normalized spacial score (nSPS) is 16.5. The van der Waals surface area contributed by atoms with E-state index in [0.29, 0.717) is 0 Å². The van der Waals surface area contributed by atoms with Gasteiger partial charge in [0.1, 0.15) is 0 Å². The third kappa shape index (κ3) is 15.4. The van der Waals surface area contributed by atoms with E-state index in [9.17, 15) is 0 Å². The van der Waals surface area contributed by atoms with E-state index in [0.717, 1.165) is 6.54 Å². The molecule has 150 valence electrons. The van der Waals surface area contributed by atoms with Gasteiger partial charge in [-0.15, -0.1) is 0 Å². The molecule has 0 unspecified atom stereocenters. The number of hydrogen-bond donors (Lipinski definition) is 0. The summed E-state index contributed by atoms with van der Waals surface area (Å²) < 4.78 is 0. The summed E-state index contributed by atoms with van der Waals surface area (Å²) in [6, 6.07) is 0. The molecular formula is C25H45N. The smallest absolute Gasteiger partial charge is 0.0166 e. The van der Waals surface area contributed by atoms with E-state index in [1.165, 1.54) is 109 Å². The second-order valence-corrected chi connectivity index (χ2v) is 7.88. The van der Waals surface area contributed by atoms with Crippen LogP contribution in [0.4, 0.5) is 0 Å². The van der Waals surface area contributed by atoms with Crippen LogP contribution in [0.3, 0.4) is 0 Å². The van der Waals surface area contributed by atoms with Gasteiger partial charge in [-0.1, -0.05) is 94.7 Å². The Hall–Kier alpha value is -0.820. The van der Waals surface area contributed by atoms with Crippen LogP contribution >= 0.6 is 0 Å². The Bertz CT molecular complexity index is 360. The first-order valence-corrected chi connectivity index (χ1v) is 11.6. The standard InChI is InChI=1S/C25H45N/c1-2-3-4-5-6-7-8-9-10-11-12-13-14-15-16-17-18-20-23-26-24-21-19-22-25-26/h5-6,16-18,20H,2-4,7-15,19,21-25H2,1H3. The highest BCUT2D eigenvalue weighted by atomic mass is 15.1. The molecule has 0 atom stereocenters. The van der Waals surface area contributed by atoms with Gasteiger partial charge in [0, 0.05) is 6.54 Å². The third-order valence-electron chi connectivity index (χ3n) is 5.33. The molecule has 1 aliphatic rings. The van der Waals surface area contributed by atoms with Crippen LogP contribution in [0.25, 0.3) is 0 Å². The van der Waals surface area contributed by atoms with Crippen LogP contribution in [0.2, 0.25) is 0 Å². The molecule has 0 amide bonds. The highest BCUT2D eigenvalue weighted by Crippen LogP contribution is 2.11. The molecule has 0 bridgehead atoms. The van der Waals surface area contributed by atoms with E-state index >= 15 is 0 Å². The van der Waals surface area contributed by atoms with Crippen LogP contribution in [0.1, 0.15) is 103 Å². The van der Waals surface area contributed by atoms with Crippen molar-refractivity contribution >= 4 is 0 Å². The molecule has 0 radical (unpaired) electrons. The molecule has 0 spiro atoms. The summed E-state index contributed by atoms with van der Waals surface area (Å²) in [5.41, 5.74) is 0. The molecule has 0 N–H and O–H groups in total. The number of allylic oxidation sites excluding steroid dienone is 5. The first-order chi connectivity index (χ1) is 12.9. The predicted molar refractivity (Wildman–Crippen MR) is 119 cm³/mol. The molecule has 0 aromatic rings. The Morgan fingerprint density at radius 2 is 1.12 bits per heavy atom. The highest BCUT2D eigenvalue weighted by Gasteiger charge is 2.06. The zero-order chi connectivity index (χ0) is 18.5. The van der Waals surface area contributed by atoms with Crippen LogP contribution in [0, 0.1) is 0 Å². The lowest BCUT2D eigenvalue weighted by Gasteiger charge is -2.24. The van der Waals surface area contributed by atoms with Gasteiger partial charge in [-0.3, -0.25) is 4.90 Å². The lowest BCUT2D eigenvalue weighted by molar-refractivity contribution is 0.251. The van der Waals surface area contributed by atoms with Crippen molar-refractivity contribution in [1.82, 2.24) is 4.90 Å². The van der Waals surface area contributed by atoms with E-state index in [1.54, 1.807) is 0 Å². The monoisotopic (exact) mass is 359 g/mol. The van der Waals surface area contributed by atoms with Crippen LogP contribution < -0.4 is 0 Å². The van der Waals surface area contributed by atoms with E-state index in [2.05, 4.69) is 48.3 Å². The number of likely N-dealkylation sites (tertiary alicyclic amines) is 1. The molecule has 1 heteroatoms. The largest absolute Gasteiger partial charge is 0.300 e. The van der Waals surface area contributed by atoms with Crippen LogP contribution in [0.15, 0.2) is 36.5 Å². The Labute approximate surface area is 164 Å². The van der Waals surface area contributed by atoms with Gasteiger partial charge in [-0.05, 0) is 58.0 Å². The summed E-state index contributed by atoms with van der Waals surface area (Å²) in [4.78, 5) is 2.57. The molecule has 0 aromatic carbocycles. The van der Waals surface area contributed by atoms with Crippen molar-refractivity contribution < 1.29 is 0 Å². The fourth-order valence-corrected chi connectivity index (χ4v) is 3.57. The Balaban J connectivity index is 1.78. The molecule has 26 heavy (non-hydrogen) atoms. The third-order valence-corrected chi connectivity index (χ3v) is 5.33. The average molecular weight is 360 g/mol. The van der Waals surface area contributed by atoms with Gasteiger partial charge < -0.3 is 0 Å². The van der Waals surface area contributed by atoms with E-state index in [-0.39, 0.29) is 0 Å². The van der Waals surface area contributed by atoms with Crippen molar-refractivity contribution in [3.63, 3.8) is 0 Å². The molecule has 0 aliphatic carbocycles. The minimum atomic E-state index is 1.14. The van der Waals surface area contributed by atoms with Crippen molar-refractivity contribution in [2.75, 3.05) is 19.6 Å². The van der Waals surface area contributed by atoms with Crippen LogP contribution in [0.5, 0.6) is 0 Å². The molecule has 1 heterocycles. The SMILES string of the molecule is CCCCC=CCCCCCCCCCC=CC=CCN1CCCCC1. The lowest BCUT2D eigenvalue weighted by Crippen LogP contribution is -2.29. The first-order valence-electron chi connectivity index (χ1n) is 11.6. The quantitative estimate of drug-likeness (QED) is 0.154. The molecule has 0 saturated carbocycles. The summed E-state index contributed by atoms with van der Waals surface area (Å²) in [7, 11) is 0. The maximum Gasteiger partial charge on any atom is 0.0166 e. The Kier molecular flexibility index (Phi) is 16.9. The summed E-state index contributed by atoms with van der Waals surface area (Å²) in [6.07, 6.45) is 34.4. The Morgan fingerprint density at radius 3 is 1.77 bits per heavy atom. The number of rotatable bonds is 16. The predicted octanol–water partition coefficient (Wildman–Crippen LogP) is 7.84.